The van der Waals surface area contributed by atoms with Crippen LogP contribution in [0.25, 0.3) is 0 Å². The third-order valence-electron chi connectivity index (χ3n) is 6.93. The smallest absolute Gasteiger partial charge is 0.232 e. The Kier molecular flexibility index (Phi) is 6.09. The van der Waals surface area contributed by atoms with Crippen molar-refractivity contribution in [2.24, 2.45) is 0 Å². The van der Waals surface area contributed by atoms with Gasteiger partial charge < -0.3 is 0 Å². The Hall–Kier alpha value is -2.88. The van der Waals surface area contributed by atoms with E-state index in [1.165, 1.54) is 0 Å². The molecule has 1 aliphatic carbocycles. The maximum absolute atomic E-state index is 13.7. The first-order valence-corrected chi connectivity index (χ1v) is 12.3. The first kappa shape index (κ1) is 22.9. The number of hydrogen-bond acceptors (Lipinski definition) is 2. The molecule has 3 aromatic carbocycles. The fraction of sp³-hybridized carbons (Fsp3) is 0.241. The minimum Gasteiger partial charge on any atom is -0.294 e. The number of nitrogens with zero attached hydrogens (tertiary/aromatic N) is 1. The van der Waals surface area contributed by atoms with E-state index in [9.17, 15) is 9.59 Å². The third kappa shape index (κ3) is 4.08. The molecule has 34 heavy (non-hydrogen) atoms. The molecule has 1 aliphatic heterocycles. The lowest BCUT2D eigenvalue weighted by Crippen LogP contribution is -2.42. The van der Waals surface area contributed by atoms with E-state index in [0.717, 1.165) is 33.6 Å². The summed E-state index contributed by atoms with van der Waals surface area (Å²) in [4.78, 5) is 29.2. The number of allylic oxidation sites excluding steroid dienone is 2. The number of halogens is 2. The molecule has 0 aromatic heterocycles. The molecule has 0 saturated carbocycles. The monoisotopic (exact) mass is 489 g/mol. The van der Waals surface area contributed by atoms with E-state index in [-0.39, 0.29) is 29.9 Å². The van der Waals surface area contributed by atoms with Crippen LogP contribution in [0.15, 0.2) is 78.0 Å². The van der Waals surface area contributed by atoms with E-state index in [1.807, 2.05) is 50.2 Å². The van der Waals surface area contributed by atoms with E-state index in [2.05, 4.69) is 18.2 Å². The van der Waals surface area contributed by atoms with Crippen LogP contribution in [0.4, 0.5) is 5.69 Å². The van der Waals surface area contributed by atoms with Gasteiger partial charge in [-0.15, -0.1) is 0 Å². The summed E-state index contributed by atoms with van der Waals surface area (Å²) < 4.78 is 0. The molecule has 0 fully saturated rings. The van der Waals surface area contributed by atoms with Crippen molar-refractivity contribution in [3.05, 3.63) is 110 Å². The molecule has 0 radical (unpaired) electrons. The van der Waals surface area contributed by atoms with Crippen LogP contribution in [0.1, 0.15) is 53.4 Å². The highest BCUT2D eigenvalue weighted by atomic mass is 35.5. The van der Waals surface area contributed by atoms with Crippen molar-refractivity contribution in [2.75, 3.05) is 4.90 Å². The van der Waals surface area contributed by atoms with Crippen LogP contribution in [-0.4, -0.2) is 11.7 Å². The molecule has 0 bridgehead atoms. The minimum absolute atomic E-state index is 0.0212. The Bertz CT molecular complexity index is 1330. The number of benzene rings is 3. The Labute approximate surface area is 210 Å². The quantitative estimate of drug-likeness (QED) is 0.381. The second-order valence-electron chi connectivity index (χ2n) is 9.24. The molecule has 3 aromatic rings. The van der Waals surface area contributed by atoms with Crippen LogP contribution in [-0.2, 0) is 9.59 Å². The van der Waals surface area contributed by atoms with E-state index in [1.54, 1.807) is 17.0 Å². The van der Waals surface area contributed by atoms with Gasteiger partial charge in [-0.3, -0.25) is 14.5 Å². The first-order valence-electron chi connectivity index (χ1n) is 11.5. The number of hydrogen-bond donors (Lipinski definition) is 0. The Morgan fingerprint density at radius 2 is 1.62 bits per heavy atom. The molecule has 0 N–H and O–H groups in total. The second-order valence-corrected chi connectivity index (χ2v) is 10.1. The Balaban J connectivity index is 1.69. The standard InChI is InChI=1S/C29H25Cl2NO2/c1-17-8-11-25(18(2)12-17)32-26-13-20(19-6-4-3-5-7-19)14-27(33)29(26)23(16-28(32)34)22-10-9-21(30)15-24(22)31/h3-12,15,20,23H,13-14,16H2,1-2H3. The molecular weight excluding hydrogens is 465 g/mol. The maximum Gasteiger partial charge on any atom is 0.232 e. The van der Waals surface area contributed by atoms with Gasteiger partial charge in [0.25, 0.3) is 0 Å². The summed E-state index contributed by atoms with van der Waals surface area (Å²) in [7, 11) is 0. The van der Waals surface area contributed by atoms with Crippen molar-refractivity contribution >= 4 is 40.6 Å². The van der Waals surface area contributed by atoms with Gasteiger partial charge in [-0.25, -0.2) is 0 Å². The van der Waals surface area contributed by atoms with Crippen LogP contribution < -0.4 is 4.90 Å². The number of amides is 1. The van der Waals surface area contributed by atoms with Gasteiger partial charge >= 0.3 is 0 Å². The second kappa shape index (κ2) is 9.05. The Morgan fingerprint density at radius 3 is 2.32 bits per heavy atom. The molecule has 5 rings (SSSR count). The fourth-order valence-electron chi connectivity index (χ4n) is 5.38. The lowest BCUT2D eigenvalue weighted by Gasteiger charge is -2.41. The first-order chi connectivity index (χ1) is 16.3. The van der Waals surface area contributed by atoms with Crippen molar-refractivity contribution in [1.82, 2.24) is 0 Å². The van der Waals surface area contributed by atoms with Crippen LogP contribution >= 0.6 is 23.2 Å². The lowest BCUT2D eigenvalue weighted by molar-refractivity contribution is -0.120. The molecule has 0 spiro atoms. The minimum atomic E-state index is -0.376. The predicted octanol–water partition coefficient (Wildman–Crippen LogP) is 7.53. The highest BCUT2D eigenvalue weighted by molar-refractivity contribution is 6.35. The third-order valence-corrected chi connectivity index (χ3v) is 7.49. The van der Waals surface area contributed by atoms with Gasteiger partial charge in [-0.1, -0.05) is 77.3 Å². The number of carbonyl (C=O) groups is 2. The number of Topliss-reactive ketones (excluding diaryl/α,β-unsaturated/α-hetero) is 1. The molecule has 1 amide bonds. The summed E-state index contributed by atoms with van der Waals surface area (Å²) in [5.41, 5.74) is 6.37. The van der Waals surface area contributed by atoms with Crippen LogP contribution in [0.5, 0.6) is 0 Å². The molecular formula is C29H25Cl2NO2. The summed E-state index contributed by atoms with van der Waals surface area (Å²) >= 11 is 12.7. The van der Waals surface area contributed by atoms with Gasteiger partial charge in [0, 0.05) is 40.1 Å². The number of rotatable bonds is 3. The average Bonchev–Trinajstić information content (AvgIpc) is 2.80. The van der Waals surface area contributed by atoms with Gasteiger partial charge in [0.15, 0.2) is 5.78 Å². The highest BCUT2D eigenvalue weighted by Gasteiger charge is 2.43. The van der Waals surface area contributed by atoms with Crippen molar-refractivity contribution in [1.29, 1.82) is 0 Å². The van der Waals surface area contributed by atoms with Crippen molar-refractivity contribution in [3.8, 4) is 0 Å². The number of ketones is 1. The number of carbonyl (C=O) groups excluding carboxylic acids is 2. The van der Waals surface area contributed by atoms with Gasteiger partial charge in [0.2, 0.25) is 5.91 Å². The molecule has 0 saturated heterocycles. The van der Waals surface area contributed by atoms with E-state index in [0.29, 0.717) is 28.5 Å². The fourth-order valence-corrected chi connectivity index (χ4v) is 5.92. The molecule has 172 valence electrons. The van der Waals surface area contributed by atoms with E-state index >= 15 is 0 Å². The molecule has 2 unspecified atom stereocenters. The molecule has 2 aliphatic rings. The molecule has 1 heterocycles. The van der Waals surface area contributed by atoms with Gasteiger partial charge in [0.05, 0.1) is 5.69 Å². The number of anilines is 1. The maximum atomic E-state index is 13.7. The largest absolute Gasteiger partial charge is 0.294 e. The predicted molar refractivity (Wildman–Crippen MR) is 138 cm³/mol. The van der Waals surface area contributed by atoms with Crippen molar-refractivity contribution in [2.45, 2.75) is 44.9 Å². The highest BCUT2D eigenvalue weighted by Crippen LogP contribution is 2.48. The summed E-state index contributed by atoms with van der Waals surface area (Å²) in [5.74, 6) is -0.303. The molecule has 5 heteroatoms. The van der Waals surface area contributed by atoms with Crippen LogP contribution in [0.3, 0.4) is 0 Å². The topological polar surface area (TPSA) is 37.4 Å². The summed E-state index contributed by atoms with van der Waals surface area (Å²) in [6, 6.07) is 21.4. The number of aryl methyl sites for hydroxylation is 2. The molecule has 2 atom stereocenters. The SMILES string of the molecule is Cc1ccc(N2C(=O)CC(c3ccc(Cl)cc3Cl)C3=C2CC(c2ccccc2)CC3=O)c(C)c1. The normalized spacial score (nSPS) is 20.5. The van der Waals surface area contributed by atoms with Crippen molar-refractivity contribution in [3.63, 3.8) is 0 Å². The summed E-state index contributed by atoms with van der Waals surface area (Å²) in [6.45, 7) is 4.05. The summed E-state index contributed by atoms with van der Waals surface area (Å²) in [5, 5.41) is 1.01. The molecule has 3 nitrogen and oxygen atoms in total. The zero-order chi connectivity index (χ0) is 24.0. The zero-order valence-corrected chi connectivity index (χ0v) is 20.7. The average molecular weight is 490 g/mol. The van der Waals surface area contributed by atoms with E-state index in [4.69, 9.17) is 23.2 Å². The van der Waals surface area contributed by atoms with E-state index < -0.39 is 0 Å². The zero-order valence-electron chi connectivity index (χ0n) is 19.1. The van der Waals surface area contributed by atoms with Crippen LogP contribution in [0.2, 0.25) is 10.0 Å². The summed E-state index contributed by atoms with van der Waals surface area (Å²) in [6.07, 6.45) is 1.22. The van der Waals surface area contributed by atoms with Crippen LogP contribution in [0, 0.1) is 13.8 Å². The van der Waals surface area contributed by atoms with Gasteiger partial charge in [-0.2, -0.15) is 0 Å². The lowest BCUT2D eigenvalue weighted by atomic mass is 9.72. The van der Waals surface area contributed by atoms with Crippen molar-refractivity contribution < 1.29 is 9.59 Å². The van der Waals surface area contributed by atoms with Gasteiger partial charge in [-0.05, 0) is 61.1 Å². The van der Waals surface area contributed by atoms with Gasteiger partial charge in [0.1, 0.15) is 0 Å². The Morgan fingerprint density at radius 1 is 0.853 bits per heavy atom.